The average Bonchev–Trinajstić information content (AvgIpc) is 3.23. The zero-order valence-corrected chi connectivity index (χ0v) is 14.8. The number of para-hydroxylation sites is 2. The van der Waals surface area contributed by atoms with Gasteiger partial charge in [-0.05, 0) is 31.2 Å². The normalized spacial score (nSPS) is 11.0. The quantitative estimate of drug-likeness (QED) is 0.597. The van der Waals surface area contributed by atoms with Gasteiger partial charge in [-0.2, -0.15) is 5.10 Å². The molecule has 0 aliphatic heterocycles. The largest absolute Gasteiger partial charge is 0.345 e. The average molecular weight is 366 g/mol. The van der Waals surface area contributed by atoms with Crippen LogP contribution in [0.1, 0.15) is 21.1 Å². The molecule has 1 N–H and O–H groups in total. The van der Waals surface area contributed by atoms with Crippen LogP contribution < -0.4 is 5.32 Å². The minimum absolute atomic E-state index is 0.260. The predicted octanol–water partition coefficient (Wildman–Crippen LogP) is 3.86. The first kappa shape index (κ1) is 16.4. The molecule has 0 fully saturated rings. The third kappa shape index (κ3) is 2.97. The summed E-state index contributed by atoms with van der Waals surface area (Å²) in [6.07, 6.45) is 1.45. The minimum Gasteiger partial charge on any atom is -0.345 e. The van der Waals surface area contributed by atoms with Crippen molar-refractivity contribution in [2.45, 2.75) is 13.5 Å². The van der Waals surface area contributed by atoms with Gasteiger partial charge >= 0.3 is 0 Å². The summed E-state index contributed by atoms with van der Waals surface area (Å²) in [4.78, 5) is 17.0. The molecule has 4 rings (SSSR count). The van der Waals surface area contributed by atoms with Crippen molar-refractivity contribution < 1.29 is 9.18 Å². The third-order valence-electron chi connectivity index (χ3n) is 4.07. The molecule has 0 spiro atoms. The van der Waals surface area contributed by atoms with Crippen LogP contribution in [-0.4, -0.2) is 20.7 Å². The van der Waals surface area contributed by atoms with E-state index in [4.69, 9.17) is 0 Å². The number of fused-ring (bicyclic) bond motifs is 1. The van der Waals surface area contributed by atoms with Gasteiger partial charge < -0.3 is 5.32 Å². The smallest absolute Gasteiger partial charge is 0.255 e. The first-order valence-electron chi connectivity index (χ1n) is 8.05. The van der Waals surface area contributed by atoms with Crippen LogP contribution >= 0.6 is 11.3 Å². The SMILES string of the molecule is Cc1c(C(=O)NCc2nc3ccccc3s2)cnn1-c1ccccc1F. The number of carbonyl (C=O) groups excluding carboxylic acids is 1. The van der Waals surface area contributed by atoms with Crippen molar-refractivity contribution in [2.24, 2.45) is 0 Å². The lowest BCUT2D eigenvalue weighted by Gasteiger charge is -2.06. The number of hydrogen-bond donors (Lipinski definition) is 1. The van der Waals surface area contributed by atoms with Gasteiger partial charge in [-0.1, -0.05) is 24.3 Å². The monoisotopic (exact) mass is 366 g/mol. The van der Waals surface area contributed by atoms with Crippen LogP contribution in [0.5, 0.6) is 0 Å². The molecule has 0 saturated carbocycles. The van der Waals surface area contributed by atoms with Gasteiger partial charge in [0, 0.05) is 0 Å². The Morgan fingerprint density at radius 2 is 1.96 bits per heavy atom. The van der Waals surface area contributed by atoms with E-state index in [-0.39, 0.29) is 11.7 Å². The van der Waals surface area contributed by atoms with Gasteiger partial charge in [0.1, 0.15) is 16.5 Å². The standard InChI is InChI=1S/C19H15FN4OS/c1-12-13(10-22-24(12)16-8-4-2-6-14(16)20)19(25)21-11-18-23-15-7-3-5-9-17(15)26-18/h2-10H,11H2,1H3,(H,21,25). The molecular formula is C19H15FN4OS. The van der Waals surface area contributed by atoms with E-state index >= 15 is 0 Å². The fourth-order valence-corrected chi connectivity index (χ4v) is 3.65. The van der Waals surface area contributed by atoms with Crippen LogP contribution in [0.3, 0.4) is 0 Å². The molecule has 5 nitrogen and oxygen atoms in total. The summed E-state index contributed by atoms with van der Waals surface area (Å²) in [7, 11) is 0. The lowest BCUT2D eigenvalue weighted by atomic mass is 10.2. The van der Waals surface area contributed by atoms with Gasteiger partial charge in [0.25, 0.3) is 5.91 Å². The van der Waals surface area contributed by atoms with Gasteiger partial charge in [0.2, 0.25) is 0 Å². The highest BCUT2D eigenvalue weighted by molar-refractivity contribution is 7.18. The van der Waals surface area contributed by atoms with Gasteiger partial charge in [-0.3, -0.25) is 4.79 Å². The first-order chi connectivity index (χ1) is 12.6. The zero-order chi connectivity index (χ0) is 18.1. The Morgan fingerprint density at radius 3 is 2.77 bits per heavy atom. The minimum atomic E-state index is -0.389. The van der Waals surface area contributed by atoms with Gasteiger partial charge in [0.05, 0.1) is 34.2 Å². The number of hydrogen-bond acceptors (Lipinski definition) is 4. The molecule has 2 aromatic carbocycles. The molecule has 0 radical (unpaired) electrons. The Balaban J connectivity index is 1.53. The Kier molecular flexibility index (Phi) is 4.22. The number of rotatable bonds is 4. The van der Waals surface area contributed by atoms with Gasteiger partial charge in [0.15, 0.2) is 0 Å². The molecule has 4 aromatic rings. The molecule has 0 unspecified atom stereocenters. The Labute approximate surface area is 153 Å². The fraction of sp³-hybridized carbons (Fsp3) is 0.105. The van der Waals surface area contributed by atoms with Crippen LogP contribution in [0.4, 0.5) is 4.39 Å². The van der Waals surface area contributed by atoms with Crippen LogP contribution in [-0.2, 0) is 6.54 Å². The van der Waals surface area contributed by atoms with Crippen molar-refractivity contribution in [1.29, 1.82) is 0 Å². The van der Waals surface area contributed by atoms with Crippen molar-refractivity contribution in [1.82, 2.24) is 20.1 Å². The number of carbonyl (C=O) groups is 1. The van der Waals surface area contributed by atoms with Gasteiger partial charge in [-0.15, -0.1) is 11.3 Å². The molecule has 0 atom stereocenters. The summed E-state index contributed by atoms with van der Waals surface area (Å²) in [5.74, 6) is -0.649. The van der Waals surface area contributed by atoms with Crippen LogP contribution in [0.25, 0.3) is 15.9 Å². The second kappa shape index (κ2) is 6.68. The van der Waals surface area contributed by atoms with Crippen molar-refractivity contribution >= 4 is 27.5 Å². The molecule has 0 saturated heterocycles. The van der Waals surface area contributed by atoms with E-state index in [9.17, 15) is 9.18 Å². The Morgan fingerprint density at radius 1 is 1.19 bits per heavy atom. The molecule has 0 aliphatic carbocycles. The molecule has 130 valence electrons. The third-order valence-corrected chi connectivity index (χ3v) is 5.11. The summed E-state index contributed by atoms with van der Waals surface area (Å²) in [6.45, 7) is 2.08. The molecular weight excluding hydrogens is 351 g/mol. The first-order valence-corrected chi connectivity index (χ1v) is 8.87. The van der Waals surface area contributed by atoms with Crippen molar-refractivity contribution in [3.63, 3.8) is 0 Å². The molecule has 2 aromatic heterocycles. The highest BCUT2D eigenvalue weighted by Gasteiger charge is 2.17. The number of benzene rings is 2. The van der Waals surface area contributed by atoms with E-state index in [2.05, 4.69) is 15.4 Å². The number of amides is 1. The number of aromatic nitrogens is 3. The lowest BCUT2D eigenvalue weighted by Crippen LogP contribution is -2.23. The maximum atomic E-state index is 14.0. The van der Waals surface area contributed by atoms with E-state index < -0.39 is 0 Å². The maximum Gasteiger partial charge on any atom is 0.255 e. The van der Waals surface area contributed by atoms with Crippen LogP contribution in [0.2, 0.25) is 0 Å². The number of thiazole rings is 1. The van der Waals surface area contributed by atoms with Crippen molar-refractivity contribution in [2.75, 3.05) is 0 Å². The summed E-state index contributed by atoms with van der Waals surface area (Å²) >= 11 is 1.55. The summed E-state index contributed by atoms with van der Waals surface area (Å²) in [5, 5.41) is 7.85. The fourth-order valence-electron chi connectivity index (χ4n) is 2.75. The number of halogens is 1. The molecule has 26 heavy (non-hydrogen) atoms. The van der Waals surface area contributed by atoms with Crippen molar-refractivity contribution in [3.05, 3.63) is 76.8 Å². The van der Waals surface area contributed by atoms with E-state index in [0.717, 1.165) is 15.2 Å². The second-order valence-corrected chi connectivity index (χ2v) is 6.88. The predicted molar refractivity (Wildman–Crippen MR) is 99.0 cm³/mol. The Hall–Kier alpha value is -3.06. The van der Waals surface area contributed by atoms with E-state index in [0.29, 0.717) is 23.5 Å². The molecule has 1 amide bonds. The molecule has 0 bridgehead atoms. The van der Waals surface area contributed by atoms with E-state index in [1.807, 2.05) is 24.3 Å². The summed E-state index contributed by atoms with van der Waals surface area (Å²) in [6, 6.07) is 14.2. The van der Waals surface area contributed by atoms with Gasteiger partial charge in [-0.25, -0.2) is 14.1 Å². The second-order valence-electron chi connectivity index (χ2n) is 5.76. The Bertz CT molecular complexity index is 1070. The van der Waals surface area contributed by atoms with Crippen LogP contribution in [0, 0.1) is 12.7 Å². The van der Waals surface area contributed by atoms with Crippen molar-refractivity contribution in [3.8, 4) is 5.69 Å². The summed E-state index contributed by atoms with van der Waals surface area (Å²) < 4.78 is 16.5. The number of nitrogens with one attached hydrogen (secondary N) is 1. The molecule has 2 heterocycles. The van der Waals surface area contributed by atoms with E-state index in [1.54, 1.807) is 36.5 Å². The molecule has 7 heteroatoms. The maximum absolute atomic E-state index is 14.0. The summed E-state index contributed by atoms with van der Waals surface area (Å²) in [5.41, 5.74) is 2.23. The topological polar surface area (TPSA) is 59.8 Å². The lowest BCUT2D eigenvalue weighted by molar-refractivity contribution is 0.0950. The highest BCUT2D eigenvalue weighted by atomic mass is 32.1. The highest BCUT2D eigenvalue weighted by Crippen LogP contribution is 2.21. The zero-order valence-electron chi connectivity index (χ0n) is 13.9. The molecule has 0 aliphatic rings. The number of nitrogens with zero attached hydrogens (tertiary/aromatic N) is 3. The van der Waals surface area contributed by atoms with Crippen LogP contribution in [0.15, 0.2) is 54.7 Å². The van der Waals surface area contributed by atoms with E-state index in [1.165, 1.54) is 16.9 Å².